The standard InChI is InChI=1S/C11H26N2O2/c1-10(2,14)8-12-6-5-7-13-9-11(3,4)15/h12-15H,5-9H2,1-4H3. The van der Waals surface area contributed by atoms with Crippen LogP contribution in [0.1, 0.15) is 34.1 Å². The predicted octanol–water partition coefficient (Wildman–Crippen LogP) is 0.0975. The van der Waals surface area contributed by atoms with Crippen LogP contribution in [0.2, 0.25) is 0 Å². The molecule has 0 aromatic carbocycles. The third kappa shape index (κ3) is 13.8. The van der Waals surface area contributed by atoms with Crippen molar-refractivity contribution in [2.45, 2.75) is 45.3 Å². The van der Waals surface area contributed by atoms with Crippen LogP contribution in [0.4, 0.5) is 0 Å². The first-order valence-corrected chi connectivity index (χ1v) is 5.57. The van der Waals surface area contributed by atoms with Crippen LogP contribution in [0.15, 0.2) is 0 Å². The van der Waals surface area contributed by atoms with Gasteiger partial charge in [0.25, 0.3) is 0 Å². The highest BCUT2D eigenvalue weighted by Crippen LogP contribution is 1.97. The molecule has 4 heteroatoms. The van der Waals surface area contributed by atoms with Crippen molar-refractivity contribution in [2.24, 2.45) is 0 Å². The van der Waals surface area contributed by atoms with Crippen LogP contribution in [-0.4, -0.2) is 47.6 Å². The summed E-state index contributed by atoms with van der Waals surface area (Å²) in [6, 6.07) is 0. The zero-order valence-corrected chi connectivity index (χ0v) is 10.4. The van der Waals surface area contributed by atoms with Crippen LogP contribution in [0.3, 0.4) is 0 Å². The molecule has 0 fully saturated rings. The monoisotopic (exact) mass is 218 g/mol. The van der Waals surface area contributed by atoms with Gasteiger partial charge in [0.1, 0.15) is 0 Å². The molecule has 92 valence electrons. The topological polar surface area (TPSA) is 64.5 Å². The quantitative estimate of drug-likeness (QED) is 0.436. The number of aliphatic hydroxyl groups is 2. The summed E-state index contributed by atoms with van der Waals surface area (Å²) in [6.45, 7) is 10.1. The van der Waals surface area contributed by atoms with Crippen LogP contribution in [-0.2, 0) is 0 Å². The van der Waals surface area contributed by atoms with Crippen molar-refractivity contribution < 1.29 is 10.2 Å². The number of nitrogens with one attached hydrogen (secondary N) is 2. The fourth-order valence-corrected chi connectivity index (χ4v) is 1.13. The maximum Gasteiger partial charge on any atom is 0.0715 e. The molecule has 0 saturated carbocycles. The molecule has 0 aliphatic carbocycles. The highest BCUT2D eigenvalue weighted by Gasteiger charge is 2.11. The maximum atomic E-state index is 9.42. The lowest BCUT2D eigenvalue weighted by atomic mass is 10.1. The smallest absolute Gasteiger partial charge is 0.0715 e. The van der Waals surface area contributed by atoms with Crippen LogP contribution < -0.4 is 10.6 Å². The second-order valence-corrected chi connectivity index (χ2v) is 5.33. The molecule has 0 rings (SSSR count). The summed E-state index contributed by atoms with van der Waals surface area (Å²) >= 11 is 0. The molecule has 0 aromatic heterocycles. The molecule has 4 N–H and O–H groups in total. The van der Waals surface area contributed by atoms with Crippen LogP contribution in [0, 0.1) is 0 Å². The minimum atomic E-state index is -0.638. The van der Waals surface area contributed by atoms with Gasteiger partial charge in [-0.05, 0) is 47.2 Å². The summed E-state index contributed by atoms with van der Waals surface area (Å²) < 4.78 is 0. The van der Waals surface area contributed by atoms with Crippen molar-refractivity contribution >= 4 is 0 Å². The number of hydrogen-bond donors (Lipinski definition) is 4. The summed E-state index contributed by atoms with van der Waals surface area (Å²) in [7, 11) is 0. The van der Waals surface area contributed by atoms with Crippen molar-refractivity contribution in [3.63, 3.8) is 0 Å². The Morgan fingerprint density at radius 2 is 1.13 bits per heavy atom. The molecule has 0 unspecified atom stereocenters. The van der Waals surface area contributed by atoms with Crippen LogP contribution >= 0.6 is 0 Å². The van der Waals surface area contributed by atoms with Crippen molar-refractivity contribution in [3.8, 4) is 0 Å². The number of hydrogen-bond acceptors (Lipinski definition) is 4. The lowest BCUT2D eigenvalue weighted by molar-refractivity contribution is 0.0785. The molecule has 0 radical (unpaired) electrons. The van der Waals surface area contributed by atoms with E-state index in [0.29, 0.717) is 13.1 Å². The Hall–Kier alpha value is -0.160. The highest BCUT2D eigenvalue weighted by atomic mass is 16.3. The van der Waals surface area contributed by atoms with Gasteiger partial charge in [-0.25, -0.2) is 0 Å². The van der Waals surface area contributed by atoms with Gasteiger partial charge in [0.05, 0.1) is 11.2 Å². The van der Waals surface area contributed by atoms with Crippen LogP contribution in [0.5, 0.6) is 0 Å². The first kappa shape index (κ1) is 14.8. The molecular formula is C11H26N2O2. The van der Waals surface area contributed by atoms with Gasteiger partial charge in [0, 0.05) is 13.1 Å². The molecule has 0 atom stereocenters. The van der Waals surface area contributed by atoms with E-state index in [1.807, 2.05) is 0 Å². The largest absolute Gasteiger partial charge is 0.389 e. The van der Waals surface area contributed by atoms with E-state index in [2.05, 4.69) is 10.6 Å². The van der Waals surface area contributed by atoms with Gasteiger partial charge in [0.2, 0.25) is 0 Å². The second-order valence-electron chi connectivity index (χ2n) is 5.33. The average Bonchev–Trinajstić information content (AvgIpc) is 1.98. The van der Waals surface area contributed by atoms with Gasteiger partial charge in [-0.3, -0.25) is 0 Å². The molecule has 4 nitrogen and oxygen atoms in total. The summed E-state index contributed by atoms with van der Waals surface area (Å²) in [5, 5.41) is 25.2. The Morgan fingerprint density at radius 3 is 1.40 bits per heavy atom. The van der Waals surface area contributed by atoms with E-state index in [0.717, 1.165) is 19.5 Å². The molecule has 0 aliphatic rings. The Balaban J connectivity index is 3.20. The maximum absolute atomic E-state index is 9.42. The summed E-state index contributed by atoms with van der Waals surface area (Å²) in [4.78, 5) is 0. The van der Waals surface area contributed by atoms with Gasteiger partial charge < -0.3 is 20.8 Å². The lowest BCUT2D eigenvalue weighted by Crippen LogP contribution is -2.38. The minimum absolute atomic E-state index is 0.610. The fraction of sp³-hybridized carbons (Fsp3) is 1.00. The van der Waals surface area contributed by atoms with Gasteiger partial charge in [-0.15, -0.1) is 0 Å². The van der Waals surface area contributed by atoms with E-state index in [-0.39, 0.29) is 0 Å². The van der Waals surface area contributed by atoms with E-state index < -0.39 is 11.2 Å². The second kappa shape index (κ2) is 6.43. The Bertz CT molecular complexity index is 141. The first-order chi connectivity index (χ1) is 6.71. The van der Waals surface area contributed by atoms with Gasteiger partial charge in [-0.1, -0.05) is 0 Å². The summed E-state index contributed by atoms with van der Waals surface area (Å²) in [5.74, 6) is 0. The summed E-state index contributed by atoms with van der Waals surface area (Å²) in [6.07, 6.45) is 0.992. The fourth-order valence-electron chi connectivity index (χ4n) is 1.13. The van der Waals surface area contributed by atoms with E-state index in [9.17, 15) is 10.2 Å². The van der Waals surface area contributed by atoms with Gasteiger partial charge in [-0.2, -0.15) is 0 Å². The van der Waals surface area contributed by atoms with E-state index in [1.165, 1.54) is 0 Å². The molecule has 0 spiro atoms. The van der Waals surface area contributed by atoms with Crippen LogP contribution in [0.25, 0.3) is 0 Å². The molecule has 0 bridgehead atoms. The molecule has 15 heavy (non-hydrogen) atoms. The minimum Gasteiger partial charge on any atom is -0.389 e. The predicted molar refractivity (Wildman–Crippen MR) is 63.0 cm³/mol. The van der Waals surface area contributed by atoms with Crippen molar-refractivity contribution in [1.82, 2.24) is 10.6 Å². The highest BCUT2D eigenvalue weighted by molar-refractivity contribution is 4.70. The first-order valence-electron chi connectivity index (χ1n) is 5.57. The lowest BCUT2D eigenvalue weighted by Gasteiger charge is -2.19. The van der Waals surface area contributed by atoms with Crippen molar-refractivity contribution in [1.29, 1.82) is 0 Å². The van der Waals surface area contributed by atoms with Crippen molar-refractivity contribution in [3.05, 3.63) is 0 Å². The molecule has 0 heterocycles. The van der Waals surface area contributed by atoms with Crippen molar-refractivity contribution in [2.75, 3.05) is 26.2 Å². The zero-order chi connectivity index (χ0) is 11.9. The molecule has 0 amide bonds. The third-order valence-corrected chi connectivity index (χ3v) is 1.82. The SMILES string of the molecule is CC(C)(O)CNCCCNCC(C)(C)O. The Morgan fingerprint density at radius 1 is 0.800 bits per heavy atom. The molecular weight excluding hydrogens is 192 g/mol. The normalized spacial score (nSPS) is 13.2. The Labute approximate surface area is 93.1 Å². The number of rotatable bonds is 8. The zero-order valence-electron chi connectivity index (χ0n) is 10.4. The Kier molecular flexibility index (Phi) is 6.36. The molecule has 0 aliphatic heterocycles. The summed E-state index contributed by atoms with van der Waals surface area (Å²) in [5.41, 5.74) is -1.28. The van der Waals surface area contributed by atoms with E-state index in [4.69, 9.17) is 0 Å². The van der Waals surface area contributed by atoms with Gasteiger partial charge in [0.15, 0.2) is 0 Å². The molecule has 0 aromatic rings. The van der Waals surface area contributed by atoms with Gasteiger partial charge >= 0.3 is 0 Å². The third-order valence-electron chi connectivity index (χ3n) is 1.82. The van der Waals surface area contributed by atoms with E-state index in [1.54, 1.807) is 27.7 Å². The molecule has 0 saturated heterocycles. The van der Waals surface area contributed by atoms with E-state index >= 15 is 0 Å². The average molecular weight is 218 g/mol.